The summed E-state index contributed by atoms with van der Waals surface area (Å²) in [5.41, 5.74) is 0.956. The fourth-order valence-corrected chi connectivity index (χ4v) is 5.13. The van der Waals surface area contributed by atoms with E-state index in [1.807, 2.05) is 0 Å². The van der Waals surface area contributed by atoms with Crippen LogP contribution < -0.4 is 16.0 Å². The Kier molecular flexibility index (Phi) is 16.1. The smallest absolute Gasteiger partial charge is 0.407 e. The third-order valence-corrected chi connectivity index (χ3v) is 7.75. The first kappa shape index (κ1) is 42.1. The largest absolute Gasteiger partial charge is 0.444 e. The molecule has 3 N–H and O–H groups in total. The van der Waals surface area contributed by atoms with Crippen LogP contribution in [0.4, 0.5) is 21.0 Å². The summed E-state index contributed by atoms with van der Waals surface area (Å²) in [6, 6.07) is 1.89. The number of hydrogen-bond acceptors (Lipinski definition) is 13. The number of nitrogens with one attached hydrogen (secondary N) is 3. The second-order valence-corrected chi connectivity index (χ2v) is 13.3. The Morgan fingerprint density at radius 3 is 2.13 bits per heavy atom. The van der Waals surface area contributed by atoms with Crippen molar-refractivity contribution in [3.05, 3.63) is 52.8 Å². The third-order valence-electron chi connectivity index (χ3n) is 7.29. The number of hydrogen-bond donors (Lipinski definition) is 3. The number of rotatable bonds is 20. The fraction of sp³-hybridized carbons (Fsp3) is 0.515. The highest BCUT2D eigenvalue weighted by Gasteiger charge is 2.25. The fourth-order valence-electron chi connectivity index (χ4n) is 4.71. The number of carbonyl (C=O) groups excluding carboxylic acids is 3. The molecule has 1 atom stereocenters. The minimum Gasteiger partial charge on any atom is -0.444 e. The molecule has 54 heavy (non-hydrogen) atoms. The lowest BCUT2D eigenvalue weighted by atomic mass is 10.1. The van der Waals surface area contributed by atoms with Gasteiger partial charge in [-0.2, -0.15) is 15.3 Å². The van der Waals surface area contributed by atoms with Crippen molar-refractivity contribution in [2.24, 2.45) is 0 Å². The number of halogens is 2. The molecule has 4 rings (SSSR count). The molecule has 4 amide bonds. The van der Waals surface area contributed by atoms with Gasteiger partial charge in [0.05, 0.1) is 112 Å². The van der Waals surface area contributed by atoms with E-state index in [1.54, 1.807) is 40.8 Å². The van der Waals surface area contributed by atoms with Crippen LogP contribution in [0.3, 0.4) is 0 Å². The summed E-state index contributed by atoms with van der Waals surface area (Å²) in [6.07, 6.45) is 5.48. The van der Waals surface area contributed by atoms with Gasteiger partial charge in [0.2, 0.25) is 5.91 Å². The summed E-state index contributed by atoms with van der Waals surface area (Å²) < 4.78 is 28.6. The topological polar surface area (TPSA) is 210 Å². The Bertz CT molecular complexity index is 1820. The van der Waals surface area contributed by atoms with E-state index in [9.17, 15) is 14.4 Å². The molecule has 0 fully saturated rings. The van der Waals surface area contributed by atoms with Crippen LogP contribution in [0.25, 0.3) is 11.5 Å². The van der Waals surface area contributed by atoms with E-state index in [0.717, 1.165) is 0 Å². The van der Waals surface area contributed by atoms with Crippen molar-refractivity contribution in [2.75, 3.05) is 77.1 Å². The molecule has 0 radical (unpaired) electrons. The average molecular weight is 795 g/mol. The van der Waals surface area contributed by atoms with Crippen LogP contribution >= 0.6 is 23.2 Å². The van der Waals surface area contributed by atoms with Gasteiger partial charge in [-0.1, -0.05) is 23.2 Å². The third kappa shape index (κ3) is 13.3. The van der Waals surface area contributed by atoms with Crippen LogP contribution in [0, 0.1) is 0 Å². The monoisotopic (exact) mass is 793 g/mol. The average Bonchev–Trinajstić information content (AvgIpc) is 3.78. The molecule has 21 heteroatoms. The van der Waals surface area contributed by atoms with Gasteiger partial charge < -0.3 is 44.5 Å². The second kappa shape index (κ2) is 20.7. The molecule has 0 unspecified atom stereocenters. The minimum absolute atomic E-state index is 0.104. The number of fused-ring (bicyclic) bond motifs is 1. The molecule has 0 aromatic carbocycles. The van der Waals surface area contributed by atoms with Gasteiger partial charge in [-0.15, -0.1) is 4.80 Å². The molecule has 294 valence electrons. The molecule has 0 saturated carbocycles. The number of ether oxygens (including phenoxy) is 5. The quantitative estimate of drug-likeness (QED) is 0.108. The van der Waals surface area contributed by atoms with Gasteiger partial charge in [-0.05, 0) is 33.8 Å². The Balaban J connectivity index is 1.15. The second-order valence-electron chi connectivity index (χ2n) is 12.5. The highest BCUT2D eigenvalue weighted by molar-refractivity contribution is 6.32. The van der Waals surface area contributed by atoms with Gasteiger partial charge in [0.1, 0.15) is 5.60 Å². The van der Waals surface area contributed by atoms with Crippen molar-refractivity contribution < 1.29 is 38.1 Å². The summed E-state index contributed by atoms with van der Waals surface area (Å²) in [5, 5.41) is 20.8. The molecular formula is C33H45Cl2N11O8. The number of carbonyl (C=O) groups is 3. The predicted octanol–water partition coefficient (Wildman–Crippen LogP) is 4.16. The normalized spacial score (nSPS) is 12.1. The molecule has 0 aliphatic heterocycles. The first-order valence-electron chi connectivity index (χ1n) is 17.0. The van der Waals surface area contributed by atoms with E-state index in [4.69, 9.17) is 46.9 Å². The number of pyridine rings is 1. The van der Waals surface area contributed by atoms with Crippen LogP contribution in [-0.2, 0) is 28.5 Å². The number of aromatic nitrogens is 7. The maximum atomic E-state index is 13.2. The van der Waals surface area contributed by atoms with Crippen molar-refractivity contribution in [2.45, 2.75) is 45.8 Å². The van der Waals surface area contributed by atoms with Crippen LogP contribution in [0.2, 0.25) is 10.2 Å². The van der Waals surface area contributed by atoms with Crippen molar-refractivity contribution in [1.82, 2.24) is 44.8 Å². The van der Waals surface area contributed by atoms with Crippen molar-refractivity contribution >= 4 is 58.3 Å². The van der Waals surface area contributed by atoms with Crippen LogP contribution in [0.1, 0.15) is 45.9 Å². The first-order valence-corrected chi connectivity index (χ1v) is 17.8. The van der Waals surface area contributed by atoms with Crippen molar-refractivity contribution in [3.63, 3.8) is 0 Å². The standard InChI is InChI=1S/C33H45Cl2N11O8/c1-22(44(5)28(47)6-10-50-12-14-52-16-17-53-15-13-51-11-9-36-32(49)54-33(2,3)4)29-25(21-37-27-19-26(35)43-45(27)29)42-31(48)41-23-18-24(34)30(38-20-23)46-39-7-8-40-46/h7-8,18-22H,6,9-17H2,1-5H3,(H,36,49)(H2,41,42,48)/t22-/m0/s1. The summed E-state index contributed by atoms with van der Waals surface area (Å²) in [7, 11) is 1.65. The molecular weight excluding hydrogens is 749 g/mol. The van der Waals surface area contributed by atoms with E-state index in [0.29, 0.717) is 81.3 Å². The Morgan fingerprint density at radius 2 is 1.50 bits per heavy atom. The van der Waals surface area contributed by atoms with Gasteiger partial charge in [-0.25, -0.2) is 24.1 Å². The maximum Gasteiger partial charge on any atom is 0.407 e. The first-order chi connectivity index (χ1) is 25.8. The summed E-state index contributed by atoms with van der Waals surface area (Å²) in [5.74, 6) is 0.0933. The Morgan fingerprint density at radius 1 is 0.870 bits per heavy atom. The summed E-state index contributed by atoms with van der Waals surface area (Å²) in [4.78, 5) is 49.2. The van der Waals surface area contributed by atoms with E-state index < -0.39 is 23.8 Å². The van der Waals surface area contributed by atoms with E-state index in [-0.39, 0.29) is 29.1 Å². The summed E-state index contributed by atoms with van der Waals surface area (Å²) in [6.45, 7) is 10.2. The van der Waals surface area contributed by atoms with E-state index >= 15 is 0 Å². The van der Waals surface area contributed by atoms with Crippen LogP contribution in [0.15, 0.2) is 36.9 Å². The van der Waals surface area contributed by atoms with Gasteiger partial charge in [0.25, 0.3) is 0 Å². The minimum atomic E-state index is -0.614. The van der Waals surface area contributed by atoms with E-state index in [2.05, 4.69) is 41.2 Å². The molecule has 0 aliphatic carbocycles. The number of anilines is 2. The molecule has 4 heterocycles. The highest BCUT2D eigenvalue weighted by Crippen LogP contribution is 2.29. The van der Waals surface area contributed by atoms with Gasteiger partial charge in [0, 0.05) is 19.7 Å². The van der Waals surface area contributed by atoms with Crippen LogP contribution in [0.5, 0.6) is 0 Å². The number of nitrogens with zero attached hydrogens (tertiary/aromatic N) is 8. The van der Waals surface area contributed by atoms with Gasteiger partial charge >= 0.3 is 12.1 Å². The molecule has 0 bridgehead atoms. The lowest BCUT2D eigenvalue weighted by molar-refractivity contribution is -0.133. The van der Waals surface area contributed by atoms with E-state index in [1.165, 1.54) is 45.1 Å². The van der Waals surface area contributed by atoms with Crippen molar-refractivity contribution in [1.29, 1.82) is 0 Å². The molecule has 0 saturated heterocycles. The van der Waals surface area contributed by atoms with Gasteiger partial charge in [0.15, 0.2) is 16.6 Å². The molecule has 4 aromatic rings. The summed E-state index contributed by atoms with van der Waals surface area (Å²) >= 11 is 12.5. The van der Waals surface area contributed by atoms with Gasteiger partial charge in [-0.3, -0.25) is 4.79 Å². The Labute approximate surface area is 321 Å². The zero-order valence-electron chi connectivity index (χ0n) is 30.7. The van der Waals surface area contributed by atoms with Crippen molar-refractivity contribution in [3.8, 4) is 5.82 Å². The lowest BCUT2D eigenvalue weighted by Gasteiger charge is -2.27. The SMILES string of the molecule is C[C@@H](c1c(NC(=O)Nc2cnc(-n3nccn3)c(Cl)c2)cnc2cc(Cl)nn12)N(C)C(=O)CCOCCOCCOCCOCCNC(=O)OC(C)(C)C. The number of alkyl carbamates (subject to hydrolysis) is 1. The zero-order chi connectivity index (χ0) is 39.1. The number of urea groups is 1. The number of amides is 4. The zero-order valence-corrected chi connectivity index (χ0v) is 32.2. The molecule has 19 nitrogen and oxygen atoms in total. The molecule has 0 aliphatic rings. The predicted molar refractivity (Wildman–Crippen MR) is 198 cm³/mol. The Hall–Kier alpha value is -4.66. The molecule has 4 aromatic heterocycles. The molecule has 0 spiro atoms. The highest BCUT2D eigenvalue weighted by atomic mass is 35.5. The maximum absolute atomic E-state index is 13.2. The van der Waals surface area contributed by atoms with Crippen LogP contribution in [-0.4, -0.2) is 130 Å². The lowest BCUT2D eigenvalue weighted by Crippen LogP contribution is -2.34.